The monoisotopic (exact) mass is 354 g/mol. The highest BCUT2D eigenvalue weighted by Crippen LogP contribution is 2.27. The van der Waals surface area contributed by atoms with Crippen molar-refractivity contribution in [3.63, 3.8) is 0 Å². The molecule has 0 aliphatic heterocycles. The molecule has 0 atom stereocenters. The van der Waals surface area contributed by atoms with Crippen LogP contribution in [0.3, 0.4) is 0 Å². The van der Waals surface area contributed by atoms with Crippen molar-refractivity contribution in [2.24, 2.45) is 5.92 Å². The van der Waals surface area contributed by atoms with Crippen molar-refractivity contribution in [1.82, 2.24) is 14.9 Å². The zero-order valence-corrected chi connectivity index (χ0v) is 14.0. The quantitative estimate of drug-likeness (QED) is 0.670. The normalized spacial score (nSPS) is 16.0. The summed E-state index contributed by atoms with van der Waals surface area (Å²) in [5.41, 5.74) is 1.44. The van der Waals surface area contributed by atoms with Crippen molar-refractivity contribution >= 4 is 36.5 Å². The summed E-state index contributed by atoms with van der Waals surface area (Å²) >= 11 is 1.11. The largest absolute Gasteiger partial charge is 0.247 e. The minimum absolute atomic E-state index is 0.0471. The average molecular weight is 354 g/mol. The van der Waals surface area contributed by atoms with Gasteiger partial charge in [-0.2, -0.15) is 0 Å². The molecular formula is C10H18N4O4S3. The third-order valence-electron chi connectivity index (χ3n) is 3.14. The summed E-state index contributed by atoms with van der Waals surface area (Å²) in [6.45, 7) is 0.458. The highest BCUT2D eigenvalue weighted by atomic mass is 32.2. The summed E-state index contributed by atoms with van der Waals surface area (Å²) in [6, 6.07) is 0. The van der Waals surface area contributed by atoms with Crippen molar-refractivity contribution in [1.29, 1.82) is 0 Å². The number of nitrogens with one attached hydrogen (secondary N) is 1. The molecule has 8 nitrogen and oxygen atoms in total. The van der Waals surface area contributed by atoms with Crippen LogP contribution in [0.25, 0.3) is 0 Å². The number of hydrogen-bond donors (Lipinski definition) is 1. The second kappa shape index (κ2) is 6.55. The van der Waals surface area contributed by atoms with Crippen LogP contribution in [0, 0.1) is 5.92 Å². The van der Waals surface area contributed by atoms with Gasteiger partial charge in [-0.1, -0.05) is 11.3 Å². The fraction of sp³-hybridized carbons (Fsp3) is 0.800. The summed E-state index contributed by atoms with van der Waals surface area (Å²) in [4.78, 5) is 0. The van der Waals surface area contributed by atoms with E-state index in [2.05, 4.69) is 14.9 Å². The van der Waals surface area contributed by atoms with Gasteiger partial charge in [0.05, 0.1) is 11.5 Å². The molecule has 1 aliphatic carbocycles. The number of nitrogens with zero attached hydrogens (tertiary/aromatic N) is 3. The SMILES string of the molecule is CN(c1nncs1)S(=O)(=O)CCCS(=O)(=O)NCC1CC1. The van der Waals surface area contributed by atoms with E-state index in [1.54, 1.807) is 0 Å². The first kappa shape index (κ1) is 16.6. The van der Waals surface area contributed by atoms with Gasteiger partial charge in [-0.25, -0.2) is 25.9 Å². The van der Waals surface area contributed by atoms with Crippen LogP contribution in [0.1, 0.15) is 19.3 Å². The molecule has 0 radical (unpaired) electrons. The maximum Gasteiger partial charge on any atom is 0.236 e. The first-order chi connectivity index (χ1) is 9.80. The van der Waals surface area contributed by atoms with E-state index >= 15 is 0 Å². The predicted molar refractivity (Wildman–Crippen MR) is 81.2 cm³/mol. The molecule has 1 saturated carbocycles. The van der Waals surface area contributed by atoms with E-state index < -0.39 is 20.0 Å². The van der Waals surface area contributed by atoms with Crippen LogP contribution in [0.5, 0.6) is 0 Å². The molecule has 0 amide bonds. The fourth-order valence-electron chi connectivity index (χ4n) is 1.63. The lowest BCUT2D eigenvalue weighted by Gasteiger charge is -2.15. The van der Waals surface area contributed by atoms with Crippen LogP contribution in [-0.2, 0) is 20.0 Å². The molecule has 1 N–H and O–H groups in total. The zero-order valence-electron chi connectivity index (χ0n) is 11.6. The molecule has 1 fully saturated rings. The number of rotatable bonds is 9. The molecule has 21 heavy (non-hydrogen) atoms. The van der Waals surface area contributed by atoms with E-state index in [9.17, 15) is 16.8 Å². The van der Waals surface area contributed by atoms with Crippen molar-refractivity contribution in [3.05, 3.63) is 5.51 Å². The van der Waals surface area contributed by atoms with Gasteiger partial charge >= 0.3 is 0 Å². The molecule has 1 aliphatic rings. The van der Waals surface area contributed by atoms with E-state index in [0.29, 0.717) is 12.5 Å². The second-order valence-corrected chi connectivity index (χ2v) is 9.83. The molecular weight excluding hydrogens is 336 g/mol. The topological polar surface area (TPSA) is 109 Å². The average Bonchev–Trinajstić information content (AvgIpc) is 3.08. The Kier molecular flexibility index (Phi) is 5.17. The third kappa shape index (κ3) is 5.16. The highest BCUT2D eigenvalue weighted by molar-refractivity contribution is 7.93. The Hall–Kier alpha value is -0.780. The number of sulfonamides is 2. The number of hydrogen-bond acceptors (Lipinski definition) is 7. The Morgan fingerprint density at radius 2 is 2.05 bits per heavy atom. The lowest BCUT2D eigenvalue weighted by Crippen LogP contribution is -2.32. The van der Waals surface area contributed by atoms with Gasteiger partial charge in [0.15, 0.2) is 0 Å². The Morgan fingerprint density at radius 3 is 2.62 bits per heavy atom. The summed E-state index contributed by atoms with van der Waals surface area (Å²) in [6.07, 6.45) is 2.17. The maximum atomic E-state index is 12.0. The van der Waals surface area contributed by atoms with Gasteiger partial charge in [0.1, 0.15) is 5.51 Å². The molecule has 2 rings (SSSR count). The molecule has 11 heteroatoms. The van der Waals surface area contributed by atoms with E-state index in [0.717, 1.165) is 28.5 Å². The van der Waals surface area contributed by atoms with E-state index in [1.807, 2.05) is 0 Å². The molecule has 0 unspecified atom stereocenters. The Labute approximate surface area is 128 Å². The molecule has 1 heterocycles. The van der Waals surface area contributed by atoms with Crippen LogP contribution < -0.4 is 9.03 Å². The van der Waals surface area contributed by atoms with E-state index in [4.69, 9.17) is 0 Å². The standard InChI is InChI=1S/C10H18N4O4S3/c1-14(10-13-11-8-19-10)21(17,18)6-2-5-20(15,16)12-7-9-3-4-9/h8-9,12H,2-7H2,1H3. The Balaban J connectivity index is 1.81. The molecule has 0 spiro atoms. The number of aromatic nitrogens is 2. The van der Waals surface area contributed by atoms with Gasteiger partial charge in [0.2, 0.25) is 25.2 Å². The number of anilines is 1. The van der Waals surface area contributed by atoms with Crippen molar-refractivity contribution in [3.8, 4) is 0 Å². The van der Waals surface area contributed by atoms with Gasteiger partial charge in [0, 0.05) is 13.6 Å². The summed E-state index contributed by atoms with van der Waals surface area (Å²) in [7, 11) is -5.59. The molecule has 0 saturated heterocycles. The fourth-order valence-corrected chi connectivity index (χ4v) is 4.93. The van der Waals surface area contributed by atoms with Crippen molar-refractivity contribution in [2.75, 3.05) is 29.4 Å². The van der Waals surface area contributed by atoms with Crippen LogP contribution in [0.2, 0.25) is 0 Å². The Bertz CT molecular complexity index is 652. The van der Waals surface area contributed by atoms with Crippen molar-refractivity contribution < 1.29 is 16.8 Å². The lowest BCUT2D eigenvalue weighted by atomic mass is 10.4. The van der Waals surface area contributed by atoms with Gasteiger partial charge in [-0.05, 0) is 25.2 Å². The van der Waals surface area contributed by atoms with Crippen LogP contribution in [0.4, 0.5) is 5.13 Å². The minimum Gasteiger partial charge on any atom is -0.247 e. The van der Waals surface area contributed by atoms with Crippen LogP contribution in [0.15, 0.2) is 5.51 Å². The maximum absolute atomic E-state index is 12.0. The first-order valence-corrected chi connectivity index (χ1v) is 10.6. The van der Waals surface area contributed by atoms with E-state index in [-0.39, 0.29) is 23.1 Å². The second-order valence-electron chi connectivity index (χ2n) is 4.97. The third-order valence-corrected chi connectivity index (χ3v) is 7.27. The molecule has 1 aromatic heterocycles. The molecule has 120 valence electrons. The summed E-state index contributed by atoms with van der Waals surface area (Å²) < 4.78 is 51.0. The molecule has 1 aromatic rings. The van der Waals surface area contributed by atoms with Crippen LogP contribution in [-0.4, -0.2) is 52.1 Å². The van der Waals surface area contributed by atoms with Gasteiger partial charge in [-0.15, -0.1) is 10.2 Å². The smallest absolute Gasteiger partial charge is 0.236 e. The zero-order chi connectivity index (χ0) is 15.5. The van der Waals surface area contributed by atoms with Crippen molar-refractivity contribution in [2.45, 2.75) is 19.3 Å². The van der Waals surface area contributed by atoms with Gasteiger partial charge in [0.25, 0.3) is 0 Å². The van der Waals surface area contributed by atoms with E-state index in [1.165, 1.54) is 12.6 Å². The summed E-state index contributed by atoms with van der Waals surface area (Å²) in [5, 5.41) is 7.53. The summed E-state index contributed by atoms with van der Waals surface area (Å²) in [5.74, 6) is 0.0168. The molecule has 0 bridgehead atoms. The van der Waals surface area contributed by atoms with Gasteiger partial charge in [-0.3, -0.25) is 0 Å². The predicted octanol–water partition coefficient (Wildman–Crippen LogP) is 0.0236. The highest BCUT2D eigenvalue weighted by Gasteiger charge is 2.25. The Morgan fingerprint density at radius 1 is 1.33 bits per heavy atom. The van der Waals surface area contributed by atoms with Gasteiger partial charge < -0.3 is 0 Å². The minimum atomic E-state index is -3.58. The van der Waals surface area contributed by atoms with Crippen LogP contribution >= 0.6 is 11.3 Å². The first-order valence-electron chi connectivity index (χ1n) is 6.50. The lowest BCUT2D eigenvalue weighted by molar-refractivity contribution is 0.575. The molecule has 0 aromatic carbocycles.